The number of carbonyl (C=O) groups is 1. The molecule has 2 fully saturated rings. The molecule has 1 aliphatic heterocycles. The van der Waals surface area contributed by atoms with Crippen molar-refractivity contribution in [3.05, 3.63) is 33.8 Å². The van der Waals surface area contributed by atoms with Crippen LogP contribution in [0.2, 0.25) is 10.0 Å². The van der Waals surface area contributed by atoms with Crippen molar-refractivity contribution in [3.63, 3.8) is 0 Å². The van der Waals surface area contributed by atoms with Crippen LogP contribution >= 0.6 is 35.8 Å². The number of rotatable bonds is 4. The number of likely N-dealkylation sites (tertiary alicyclic amines) is 1. The average molecular weight is 387 g/mol. The Morgan fingerprint density at radius 1 is 1.25 bits per heavy atom. The van der Waals surface area contributed by atoms with Crippen LogP contribution in [0, 0.1) is 0 Å². The van der Waals surface area contributed by atoms with Crippen LogP contribution in [0.5, 0.6) is 0 Å². The first-order valence-corrected chi connectivity index (χ1v) is 9.84. The summed E-state index contributed by atoms with van der Waals surface area (Å²) in [6.45, 7) is 2.30. The number of nitrogens with zero attached hydrogens (tertiary/aromatic N) is 2. The van der Waals surface area contributed by atoms with Crippen LogP contribution in [0.15, 0.2) is 18.2 Å². The van der Waals surface area contributed by atoms with Crippen molar-refractivity contribution >= 4 is 41.7 Å². The lowest BCUT2D eigenvalue weighted by Crippen LogP contribution is -2.49. The number of likely N-dealkylation sites (N-methyl/N-ethyl adjacent to an activating group) is 1. The molecule has 3 nitrogen and oxygen atoms in total. The molecule has 1 saturated heterocycles. The van der Waals surface area contributed by atoms with Gasteiger partial charge in [0.2, 0.25) is 5.91 Å². The summed E-state index contributed by atoms with van der Waals surface area (Å²) in [5.74, 6) is 0.130. The molecule has 6 heteroatoms. The van der Waals surface area contributed by atoms with E-state index in [0.717, 1.165) is 31.5 Å². The molecule has 2 aliphatic rings. The molecule has 0 spiro atoms. The largest absolute Gasteiger partial charge is 0.341 e. The molecule has 0 N–H and O–H groups in total. The summed E-state index contributed by atoms with van der Waals surface area (Å²) in [6, 6.07) is 6.09. The lowest BCUT2D eigenvalue weighted by Gasteiger charge is -2.35. The zero-order chi connectivity index (χ0) is 17.3. The summed E-state index contributed by atoms with van der Waals surface area (Å²) in [7, 11) is 1.93. The van der Waals surface area contributed by atoms with E-state index in [9.17, 15) is 4.79 Å². The fourth-order valence-corrected chi connectivity index (χ4v) is 4.74. The smallest absolute Gasteiger partial charge is 0.227 e. The molecule has 24 heavy (non-hydrogen) atoms. The average Bonchev–Trinajstić information content (AvgIpc) is 3.19. The van der Waals surface area contributed by atoms with Gasteiger partial charge in [-0.05, 0) is 56.5 Å². The van der Waals surface area contributed by atoms with Crippen LogP contribution in [0.4, 0.5) is 0 Å². The highest BCUT2D eigenvalue weighted by molar-refractivity contribution is 7.81. The van der Waals surface area contributed by atoms with Crippen molar-refractivity contribution < 1.29 is 4.79 Å². The van der Waals surface area contributed by atoms with Gasteiger partial charge in [-0.1, -0.05) is 29.3 Å². The maximum Gasteiger partial charge on any atom is 0.227 e. The highest BCUT2D eigenvalue weighted by Gasteiger charge is 2.40. The monoisotopic (exact) mass is 386 g/mol. The first-order valence-electron chi connectivity index (χ1n) is 8.57. The quantitative estimate of drug-likeness (QED) is 0.792. The molecular weight excluding hydrogens is 363 g/mol. The Balaban J connectivity index is 1.68. The highest BCUT2D eigenvalue weighted by atomic mass is 35.5. The first kappa shape index (κ1) is 18.4. The van der Waals surface area contributed by atoms with Crippen LogP contribution in [-0.4, -0.2) is 53.2 Å². The summed E-state index contributed by atoms with van der Waals surface area (Å²) in [5.41, 5.74) is 0.902. The van der Waals surface area contributed by atoms with Gasteiger partial charge in [0.05, 0.1) is 16.5 Å². The van der Waals surface area contributed by atoms with Crippen LogP contribution in [0.25, 0.3) is 0 Å². The van der Waals surface area contributed by atoms with Crippen molar-refractivity contribution in [1.82, 2.24) is 9.80 Å². The number of amides is 1. The van der Waals surface area contributed by atoms with E-state index < -0.39 is 0 Å². The predicted octanol–water partition coefficient (Wildman–Crippen LogP) is 3.92. The Hall–Kier alpha value is -0.420. The topological polar surface area (TPSA) is 23.6 Å². The molecule has 0 bridgehead atoms. The van der Waals surface area contributed by atoms with E-state index in [2.05, 4.69) is 4.90 Å². The maximum absolute atomic E-state index is 12.8. The molecule has 1 heterocycles. The molecule has 3 atom stereocenters. The second kappa shape index (κ2) is 7.86. The van der Waals surface area contributed by atoms with Gasteiger partial charge in [-0.25, -0.2) is 0 Å². The minimum atomic E-state index is 0.130. The second-order valence-electron chi connectivity index (χ2n) is 6.93. The van der Waals surface area contributed by atoms with E-state index >= 15 is 0 Å². The summed E-state index contributed by atoms with van der Waals surface area (Å²) < 4.78 is 0. The van der Waals surface area contributed by atoms with Gasteiger partial charge in [0.1, 0.15) is 0 Å². The van der Waals surface area contributed by atoms with Gasteiger partial charge < -0.3 is 4.90 Å². The van der Waals surface area contributed by atoms with E-state index in [-0.39, 0.29) is 11.9 Å². The number of halogens is 2. The Bertz CT molecular complexity index is 607. The van der Waals surface area contributed by atoms with Gasteiger partial charge in [0, 0.05) is 24.4 Å². The molecule has 3 unspecified atom stereocenters. The molecule has 132 valence electrons. The summed E-state index contributed by atoms with van der Waals surface area (Å²) in [6.07, 6.45) is 4.92. The van der Waals surface area contributed by atoms with E-state index in [4.69, 9.17) is 35.8 Å². The van der Waals surface area contributed by atoms with Gasteiger partial charge in [-0.3, -0.25) is 9.69 Å². The number of benzene rings is 1. The third-order valence-corrected chi connectivity index (χ3v) is 6.47. The molecule has 1 aromatic carbocycles. The summed E-state index contributed by atoms with van der Waals surface area (Å²) in [5, 5.41) is 1.39. The number of hydrogen-bond donors (Lipinski definition) is 1. The molecule has 1 aromatic rings. The Labute approximate surface area is 159 Å². The molecular formula is C18H24Cl2N2OS. The van der Waals surface area contributed by atoms with E-state index in [1.807, 2.05) is 18.0 Å². The van der Waals surface area contributed by atoms with Crippen LogP contribution in [0.3, 0.4) is 0 Å². The fourth-order valence-electron chi connectivity index (χ4n) is 3.98. The summed E-state index contributed by atoms with van der Waals surface area (Å²) in [4.78, 5) is 17.2. The van der Waals surface area contributed by atoms with Crippen molar-refractivity contribution in [2.24, 2.45) is 0 Å². The maximum atomic E-state index is 12.8. The van der Waals surface area contributed by atoms with Crippen LogP contribution < -0.4 is 0 Å². The van der Waals surface area contributed by atoms with Crippen molar-refractivity contribution in [2.75, 3.05) is 20.1 Å². The number of hydrogen-bond acceptors (Lipinski definition) is 3. The minimum Gasteiger partial charge on any atom is -0.341 e. The third kappa shape index (κ3) is 4.04. The van der Waals surface area contributed by atoms with Crippen molar-refractivity contribution in [3.8, 4) is 0 Å². The number of thiol groups is 1. The number of carbonyl (C=O) groups excluding carboxylic acids is 1. The predicted molar refractivity (Wildman–Crippen MR) is 103 cm³/mol. The standard InChI is InChI=1S/C18H24Cl2N2OS/c1-21(18(23)9-12-4-5-14(19)15(20)8-12)16-10-13(24)11-17(16)22-6-2-3-7-22/h4-5,8,13,16-17,24H,2-3,6-7,9-11H2,1H3. The molecule has 1 amide bonds. The van der Waals surface area contributed by atoms with Crippen molar-refractivity contribution in [1.29, 1.82) is 0 Å². The zero-order valence-corrected chi connectivity index (χ0v) is 16.3. The van der Waals surface area contributed by atoms with E-state index in [1.165, 1.54) is 12.8 Å². The van der Waals surface area contributed by atoms with E-state index in [0.29, 0.717) is 27.8 Å². The molecule has 0 radical (unpaired) electrons. The molecule has 1 aliphatic carbocycles. The van der Waals surface area contributed by atoms with Gasteiger partial charge in [0.15, 0.2) is 0 Å². The van der Waals surface area contributed by atoms with Crippen LogP contribution in [0.1, 0.15) is 31.2 Å². The van der Waals surface area contributed by atoms with Crippen LogP contribution in [-0.2, 0) is 11.2 Å². The Morgan fingerprint density at radius 2 is 1.96 bits per heavy atom. The lowest BCUT2D eigenvalue weighted by molar-refractivity contribution is -0.132. The first-order chi connectivity index (χ1) is 11.5. The van der Waals surface area contributed by atoms with Gasteiger partial charge in [0.25, 0.3) is 0 Å². The third-order valence-electron chi connectivity index (χ3n) is 5.31. The Morgan fingerprint density at radius 3 is 2.62 bits per heavy atom. The SMILES string of the molecule is CN(C(=O)Cc1ccc(Cl)c(Cl)c1)C1CC(S)CC1N1CCCC1. The molecule has 0 aromatic heterocycles. The second-order valence-corrected chi connectivity index (χ2v) is 8.48. The van der Waals surface area contributed by atoms with Gasteiger partial charge in [-0.2, -0.15) is 12.6 Å². The van der Waals surface area contributed by atoms with Crippen molar-refractivity contribution in [2.45, 2.75) is 49.4 Å². The normalized spacial score (nSPS) is 27.6. The van der Waals surface area contributed by atoms with E-state index in [1.54, 1.807) is 12.1 Å². The zero-order valence-electron chi connectivity index (χ0n) is 13.9. The summed E-state index contributed by atoms with van der Waals surface area (Å²) >= 11 is 16.7. The molecule has 3 rings (SSSR count). The highest BCUT2D eigenvalue weighted by Crippen LogP contribution is 2.33. The van der Waals surface area contributed by atoms with Gasteiger partial charge >= 0.3 is 0 Å². The Kier molecular flexibility index (Phi) is 6.02. The van der Waals surface area contributed by atoms with Gasteiger partial charge in [-0.15, -0.1) is 0 Å². The fraction of sp³-hybridized carbons (Fsp3) is 0.611. The minimum absolute atomic E-state index is 0.130. The molecule has 1 saturated carbocycles. The lowest BCUT2D eigenvalue weighted by atomic mass is 10.1.